The molecule has 0 atom stereocenters. The fourth-order valence-electron chi connectivity index (χ4n) is 1.83. The monoisotopic (exact) mass is 215 g/mol. The highest BCUT2D eigenvalue weighted by atomic mass is 32.1. The molecule has 2 heterocycles. The fourth-order valence-corrected chi connectivity index (χ4v) is 2.07. The lowest BCUT2D eigenvalue weighted by molar-refractivity contribution is 0.894. The van der Waals surface area contributed by atoms with E-state index in [1.165, 1.54) is 0 Å². The number of hydrogen-bond donors (Lipinski definition) is 1. The second-order valence-electron chi connectivity index (χ2n) is 3.57. The van der Waals surface area contributed by atoms with Gasteiger partial charge in [-0.2, -0.15) is 0 Å². The number of aromatic nitrogens is 3. The van der Waals surface area contributed by atoms with E-state index in [2.05, 4.69) is 22.2 Å². The Hall–Kier alpha value is -1.68. The van der Waals surface area contributed by atoms with Gasteiger partial charge < -0.3 is 0 Å². The summed E-state index contributed by atoms with van der Waals surface area (Å²) < 4.78 is 2.41. The van der Waals surface area contributed by atoms with Crippen LogP contribution >= 0.6 is 12.2 Å². The Bertz CT molecular complexity index is 708. The first-order valence-corrected chi connectivity index (χ1v) is 5.14. The van der Waals surface area contributed by atoms with Crippen molar-refractivity contribution in [2.75, 3.05) is 0 Å². The Kier molecular flexibility index (Phi) is 1.67. The van der Waals surface area contributed by atoms with Gasteiger partial charge in [0.15, 0.2) is 0 Å². The Morgan fingerprint density at radius 2 is 2.13 bits per heavy atom. The van der Waals surface area contributed by atoms with Gasteiger partial charge in [-0.05, 0) is 31.3 Å². The van der Waals surface area contributed by atoms with Crippen LogP contribution in [0.25, 0.3) is 16.4 Å². The molecule has 0 fully saturated rings. The number of aryl methyl sites for hydroxylation is 1. The highest BCUT2D eigenvalue weighted by molar-refractivity contribution is 7.71. The molecule has 15 heavy (non-hydrogen) atoms. The Morgan fingerprint density at radius 3 is 3.00 bits per heavy atom. The van der Waals surface area contributed by atoms with E-state index in [1.807, 2.05) is 29.6 Å². The van der Waals surface area contributed by atoms with Gasteiger partial charge in [0.05, 0.1) is 11.0 Å². The lowest BCUT2D eigenvalue weighted by Crippen LogP contribution is -1.93. The van der Waals surface area contributed by atoms with Gasteiger partial charge in [0.25, 0.3) is 0 Å². The van der Waals surface area contributed by atoms with Crippen LogP contribution in [0.1, 0.15) is 5.69 Å². The minimum atomic E-state index is 0.566. The molecule has 1 N–H and O–H groups in total. The molecule has 0 unspecified atom stereocenters. The summed E-state index contributed by atoms with van der Waals surface area (Å²) in [7, 11) is 0. The minimum Gasteiger partial charge on any atom is -0.296 e. The third-order valence-corrected chi connectivity index (χ3v) is 2.74. The summed E-state index contributed by atoms with van der Waals surface area (Å²) in [5.74, 6) is 0. The van der Waals surface area contributed by atoms with E-state index in [4.69, 9.17) is 12.2 Å². The predicted molar refractivity (Wildman–Crippen MR) is 62.6 cm³/mol. The van der Waals surface area contributed by atoms with E-state index < -0.39 is 0 Å². The lowest BCUT2D eigenvalue weighted by Gasteiger charge is -1.99. The number of nitrogens with one attached hydrogen (secondary N) is 1. The van der Waals surface area contributed by atoms with Crippen LogP contribution in [0.2, 0.25) is 0 Å². The number of rotatable bonds is 0. The molecule has 2 aromatic heterocycles. The normalized spacial score (nSPS) is 11.3. The maximum absolute atomic E-state index is 5.22. The number of aromatic amines is 1. The van der Waals surface area contributed by atoms with Gasteiger partial charge in [-0.1, -0.05) is 18.2 Å². The van der Waals surface area contributed by atoms with E-state index in [9.17, 15) is 0 Å². The van der Waals surface area contributed by atoms with Crippen LogP contribution in [0, 0.1) is 11.7 Å². The summed E-state index contributed by atoms with van der Waals surface area (Å²) in [5, 5.41) is 4.29. The number of para-hydroxylation sites is 1. The summed E-state index contributed by atoms with van der Waals surface area (Å²) in [6.07, 6.45) is 0. The van der Waals surface area contributed by atoms with Crippen LogP contribution in [0.15, 0.2) is 30.3 Å². The van der Waals surface area contributed by atoms with Crippen molar-refractivity contribution in [3.8, 4) is 0 Å². The van der Waals surface area contributed by atoms with E-state index >= 15 is 0 Å². The van der Waals surface area contributed by atoms with E-state index in [-0.39, 0.29) is 0 Å². The van der Waals surface area contributed by atoms with Crippen LogP contribution in [0.3, 0.4) is 0 Å². The van der Waals surface area contributed by atoms with E-state index in [0.717, 1.165) is 22.1 Å². The van der Waals surface area contributed by atoms with Crippen molar-refractivity contribution >= 4 is 28.6 Å². The molecule has 3 rings (SSSR count). The molecule has 3 nitrogen and oxygen atoms in total. The summed E-state index contributed by atoms with van der Waals surface area (Å²) in [6.45, 7) is 2.01. The first kappa shape index (κ1) is 8.61. The molecule has 0 radical (unpaired) electrons. The number of fused-ring (bicyclic) bond motifs is 3. The molecule has 0 aliphatic heterocycles. The Balaban J connectivity index is 2.69. The molecule has 0 aliphatic carbocycles. The molecular weight excluding hydrogens is 206 g/mol. The molecule has 0 aliphatic rings. The van der Waals surface area contributed by atoms with Crippen molar-refractivity contribution < 1.29 is 0 Å². The molecule has 0 saturated carbocycles. The Morgan fingerprint density at radius 1 is 1.33 bits per heavy atom. The molecule has 0 amide bonds. The van der Waals surface area contributed by atoms with Gasteiger partial charge in [-0.25, -0.2) is 9.50 Å². The van der Waals surface area contributed by atoms with Crippen LogP contribution in [-0.2, 0) is 0 Å². The van der Waals surface area contributed by atoms with Crippen molar-refractivity contribution in [2.45, 2.75) is 6.92 Å². The van der Waals surface area contributed by atoms with Crippen LogP contribution < -0.4 is 0 Å². The standard InChI is InChI=1S/C11H9N3S/c1-7-6-10-8-4-2-3-5-9(8)12-11(15)14(10)13-7/h2-6,13H,1H3. The summed E-state index contributed by atoms with van der Waals surface area (Å²) in [4.78, 5) is 4.36. The quantitative estimate of drug-likeness (QED) is 0.585. The second kappa shape index (κ2) is 2.90. The van der Waals surface area contributed by atoms with E-state index in [1.54, 1.807) is 0 Å². The lowest BCUT2D eigenvalue weighted by atomic mass is 10.2. The first-order valence-electron chi connectivity index (χ1n) is 4.73. The van der Waals surface area contributed by atoms with Crippen molar-refractivity contribution in [2.24, 2.45) is 0 Å². The summed E-state index contributed by atoms with van der Waals surface area (Å²) in [5.41, 5.74) is 3.11. The minimum absolute atomic E-state index is 0.566. The van der Waals surface area contributed by atoms with Crippen molar-refractivity contribution in [3.05, 3.63) is 40.8 Å². The van der Waals surface area contributed by atoms with Crippen LogP contribution in [0.5, 0.6) is 0 Å². The smallest absolute Gasteiger partial charge is 0.219 e. The third kappa shape index (κ3) is 1.18. The number of benzene rings is 1. The molecule has 1 aromatic carbocycles. The van der Waals surface area contributed by atoms with Gasteiger partial charge in [0, 0.05) is 11.1 Å². The van der Waals surface area contributed by atoms with E-state index in [0.29, 0.717) is 4.77 Å². The maximum Gasteiger partial charge on any atom is 0.219 e. The van der Waals surface area contributed by atoms with Crippen LogP contribution in [-0.4, -0.2) is 14.6 Å². The first-order chi connectivity index (χ1) is 7.25. The topological polar surface area (TPSA) is 33.1 Å². The van der Waals surface area contributed by atoms with Crippen LogP contribution in [0.4, 0.5) is 0 Å². The highest BCUT2D eigenvalue weighted by Gasteiger charge is 2.03. The van der Waals surface area contributed by atoms with Gasteiger partial charge in [0.1, 0.15) is 0 Å². The number of H-pyrrole nitrogens is 1. The average Bonchev–Trinajstić information content (AvgIpc) is 2.61. The molecule has 4 heteroatoms. The SMILES string of the molecule is Cc1cc2c3ccccc3nc(=S)n2[nH]1. The van der Waals surface area contributed by atoms with Gasteiger partial charge in [0.2, 0.25) is 4.77 Å². The van der Waals surface area contributed by atoms with Gasteiger partial charge in [-0.15, -0.1) is 0 Å². The molecular formula is C11H9N3S. The summed E-state index contributed by atoms with van der Waals surface area (Å²) >= 11 is 5.22. The zero-order chi connectivity index (χ0) is 10.4. The number of nitrogens with zero attached hydrogens (tertiary/aromatic N) is 2. The molecule has 74 valence electrons. The Labute approximate surface area is 91.4 Å². The zero-order valence-electron chi connectivity index (χ0n) is 8.19. The fraction of sp³-hybridized carbons (Fsp3) is 0.0909. The predicted octanol–water partition coefficient (Wildman–Crippen LogP) is 2.85. The molecule has 0 bridgehead atoms. The third-order valence-electron chi connectivity index (χ3n) is 2.47. The van der Waals surface area contributed by atoms with Gasteiger partial charge in [-0.3, -0.25) is 5.10 Å². The molecule has 0 saturated heterocycles. The van der Waals surface area contributed by atoms with Crippen molar-refractivity contribution in [1.82, 2.24) is 14.6 Å². The maximum atomic E-state index is 5.22. The zero-order valence-corrected chi connectivity index (χ0v) is 9.01. The summed E-state index contributed by atoms with van der Waals surface area (Å²) in [6, 6.07) is 10.1. The largest absolute Gasteiger partial charge is 0.296 e. The second-order valence-corrected chi connectivity index (χ2v) is 3.94. The molecule has 3 aromatic rings. The van der Waals surface area contributed by atoms with Crippen molar-refractivity contribution in [3.63, 3.8) is 0 Å². The average molecular weight is 215 g/mol. The van der Waals surface area contributed by atoms with Crippen molar-refractivity contribution in [1.29, 1.82) is 0 Å². The molecule has 0 spiro atoms. The highest BCUT2D eigenvalue weighted by Crippen LogP contribution is 2.18. The van der Waals surface area contributed by atoms with Gasteiger partial charge >= 0.3 is 0 Å². The number of hydrogen-bond acceptors (Lipinski definition) is 2.